The lowest BCUT2D eigenvalue weighted by Gasteiger charge is -2.19. The second kappa shape index (κ2) is 6.15. The molecule has 3 aromatic rings. The molecule has 0 N–H and O–H groups in total. The van der Waals surface area contributed by atoms with Crippen LogP contribution in [0.1, 0.15) is 27.9 Å². The molecule has 0 aliphatic rings. The van der Waals surface area contributed by atoms with Crippen molar-refractivity contribution in [1.82, 2.24) is 4.90 Å². The van der Waals surface area contributed by atoms with E-state index in [0.717, 1.165) is 15.8 Å². The summed E-state index contributed by atoms with van der Waals surface area (Å²) in [5, 5.41) is 3.55. The minimum Gasteiger partial charge on any atom is -0.451 e. The number of hydrogen-bond acceptors (Lipinski definition) is 3. The van der Waals surface area contributed by atoms with E-state index < -0.39 is 0 Å². The van der Waals surface area contributed by atoms with Crippen LogP contribution in [0.25, 0.3) is 11.0 Å². The van der Waals surface area contributed by atoms with E-state index in [-0.39, 0.29) is 5.91 Å². The number of hydrogen-bond donors (Lipinski definition) is 0. The highest BCUT2D eigenvalue weighted by Gasteiger charge is 2.22. The fourth-order valence-electron chi connectivity index (χ4n) is 2.46. The summed E-state index contributed by atoms with van der Waals surface area (Å²) >= 11 is 7.68. The van der Waals surface area contributed by atoms with Crippen molar-refractivity contribution in [2.75, 3.05) is 6.54 Å². The Hall–Kier alpha value is -1.78. The number of carbonyl (C=O) groups excluding carboxylic acids is 1. The molecule has 2 aromatic heterocycles. The molecule has 3 nitrogen and oxygen atoms in total. The van der Waals surface area contributed by atoms with E-state index in [1.54, 1.807) is 28.4 Å². The van der Waals surface area contributed by atoms with Crippen molar-refractivity contribution in [3.05, 3.63) is 56.9 Å². The molecule has 0 atom stereocenters. The average molecular weight is 334 g/mol. The van der Waals surface area contributed by atoms with Crippen LogP contribution in [0, 0.1) is 6.92 Å². The van der Waals surface area contributed by atoms with E-state index in [1.807, 2.05) is 37.4 Å². The molecular formula is C17H16ClNO2S. The summed E-state index contributed by atoms with van der Waals surface area (Å²) in [6, 6.07) is 9.43. The van der Waals surface area contributed by atoms with E-state index in [4.69, 9.17) is 16.0 Å². The fourth-order valence-corrected chi connectivity index (χ4v) is 3.35. The molecule has 0 aliphatic carbocycles. The highest BCUT2D eigenvalue weighted by Crippen LogP contribution is 2.29. The van der Waals surface area contributed by atoms with Crippen molar-refractivity contribution < 1.29 is 9.21 Å². The van der Waals surface area contributed by atoms with Crippen LogP contribution in [0.2, 0.25) is 5.02 Å². The van der Waals surface area contributed by atoms with Gasteiger partial charge in [0.2, 0.25) is 0 Å². The van der Waals surface area contributed by atoms with Gasteiger partial charge in [0.1, 0.15) is 5.58 Å². The first-order valence-corrected chi connectivity index (χ1v) is 8.36. The highest BCUT2D eigenvalue weighted by atomic mass is 35.5. The zero-order valence-electron chi connectivity index (χ0n) is 12.4. The Balaban J connectivity index is 1.95. The first-order chi connectivity index (χ1) is 10.6. The Bertz CT molecular complexity index is 808. The molecule has 0 bridgehead atoms. The minimum atomic E-state index is -0.0827. The molecule has 0 saturated carbocycles. The predicted octanol–water partition coefficient (Wildman–Crippen LogP) is 5.12. The summed E-state index contributed by atoms with van der Waals surface area (Å²) in [5.74, 6) is 0.316. The van der Waals surface area contributed by atoms with Gasteiger partial charge >= 0.3 is 0 Å². The van der Waals surface area contributed by atoms with Crippen LogP contribution in [0.4, 0.5) is 0 Å². The van der Waals surface area contributed by atoms with Gasteiger partial charge in [-0.15, -0.1) is 11.3 Å². The first-order valence-electron chi connectivity index (χ1n) is 7.10. The number of thiophene rings is 1. The number of fused-ring (bicyclic) bond motifs is 1. The van der Waals surface area contributed by atoms with Gasteiger partial charge in [-0.2, -0.15) is 0 Å². The maximum atomic E-state index is 12.8. The number of halogens is 1. The first kappa shape index (κ1) is 15.1. The Morgan fingerprint density at radius 1 is 1.36 bits per heavy atom. The molecular weight excluding hydrogens is 318 g/mol. The molecule has 0 aliphatic heterocycles. The maximum absolute atomic E-state index is 12.8. The third-order valence-electron chi connectivity index (χ3n) is 3.69. The number of rotatable bonds is 4. The van der Waals surface area contributed by atoms with Crippen molar-refractivity contribution in [3.8, 4) is 0 Å². The Kier molecular flexibility index (Phi) is 4.23. The lowest BCUT2D eigenvalue weighted by Crippen LogP contribution is -2.30. The van der Waals surface area contributed by atoms with E-state index in [1.165, 1.54) is 0 Å². The SMILES string of the molecule is CCN(Cc1cccs1)C(=O)c1oc2ccc(Cl)cc2c1C. The van der Waals surface area contributed by atoms with Crippen molar-refractivity contribution in [3.63, 3.8) is 0 Å². The quantitative estimate of drug-likeness (QED) is 0.664. The van der Waals surface area contributed by atoms with Crippen LogP contribution in [0.5, 0.6) is 0 Å². The van der Waals surface area contributed by atoms with Crippen molar-refractivity contribution in [1.29, 1.82) is 0 Å². The maximum Gasteiger partial charge on any atom is 0.290 e. The summed E-state index contributed by atoms with van der Waals surface area (Å²) in [7, 11) is 0. The Labute approximate surface area is 138 Å². The topological polar surface area (TPSA) is 33.5 Å². The Morgan fingerprint density at radius 3 is 2.86 bits per heavy atom. The third kappa shape index (κ3) is 2.76. The lowest BCUT2D eigenvalue weighted by atomic mass is 10.1. The molecule has 2 heterocycles. The fraction of sp³-hybridized carbons (Fsp3) is 0.235. The average Bonchev–Trinajstić information content (AvgIpc) is 3.13. The molecule has 1 aromatic carbocycles. The number of aryl methyl sites for hydroxylation is 1. The van der Waals surface area contributed by atoms with Gasteiger partial charge in [-0.1, -0.05) is 17.7 Å². The number of carbonyl (C=O) groups is 1. The number of nitrogens with zero attached hydrogens (tertiary/aromatic N) is 1. The van der Waals surface area contributed by atoms with E-state index in [9.17, 15) is 4.79 Å². The van der Waals surface area contributed by atoms with Crippen LogP contribution in [-0.4, -0.2) is 17.4 Å². The second-order valence-electron chi connectivity index (χ2n) is 5.10. The van der Waals surface area contributed by atoms with E-state index in [2.05, 4.69) is 0 Å². The molecule has 114 valence electrons. The number of furan rings is 1. The van der Waals surface area contributed by atoms with Crippen LogP contribution < -0.4 is 0 Å². The lowest BCUT2D eigenvalue weighted by molar-refractivity contribution is 0.0723. The van der Waals surface area contributed by atoms with Gasteiger partial charge in [-0.3, -0.25) is 4.79 Å². The zero-order chi connectivity index (χ0) is 15.7. The van der Waals surface area contributed by atoms with Crippen LogP contribution in [0.3, 0.4) is 0 Å². The zero-order valence-corrected chi connectivity index (χ0v) is 14.0. The van der Waals surface area contributed by atoms with E-state index >= 15 is 0 Å². The molecule has 0 saturated heterocycles. The van der Waals surface area contributed by atoms with Gasteiger partial charge in [-0.05, 0) is 43.5 Å². The molecule has 0 unspecified atom stereocenters. The Morgan fingerprint density at radius 2 is 2.18 bits per heavy atom. The summed E-state index contributed by atoms with van der Waals surface area (Å²) in [6.07, 6.45) is 0. The van der Waals surface area contributed by atoms with Gasteiger partial charge in [0.25, 0.3) is 5.91 Å². The molecule has 1 amide bonds. The highest BCUT2D eigenvalue weighted by molar-refractivity contribution is 7.09. The third-order valence-corrected chi connectivity index (χ3v) is 4.78. The van der Waals surface area contributed by atoms with Gasteiger partial charge in [0.15, 0.2) is 5.76 Å². The van der Waals surface area contributed by atoms with Crippen LogP contribution in [-0.2, 0) is 6.54 Å². The van der Waals surface area contributed by atoms with Crippen molar-refractivity contribution in [2.45, 2.75) is 20.4 Å². The standard InChI is InChI=1S/C17H16ClNO2S/c1-3-19(10-13-5-4-8-22-13)17(20)16-11(2)14-9-12(18)6-7-15(14)21-16/h4-9H,3,10H2,1-2H3. The van der Waals surface area contributed by atoms with Gasteiger partial charge in [0.05, 0.1) is 6.54 Å². The van der Waals surface area contributed by atoms with Crippen LogP contribution in [0.15, 0.2) is 40.1 Å². The smallest absolute Gasteiger partial charge is 0.290 e. The van der Waals surface area contributed by atoms with Gasteiger partial charge < -0.3 is 9.32 Å². The summed E-state index contributed by atoms with van der Waals surface area (Å²) < 4.78 is 5.77. The summed E-state index contributed by atoms with van der Waals surface area (Å²) in [6.45, 7) is 5.10. The van der Waals surface area contributed by atoms with Crippen molar-refractivity contribution >= 4 is 39.8 Å². The molecule has 5 heteroatoms. The van der Waals surface area contributed by atoms with Crippen molar-refractivity contribution in [2.24, 2.45) is 0 Å². The number of benzene rings is 1. The molecule has 0 fully saturated rings. The minimum absolute atomic E-state index is 0.0827. The normalized spacial score (nSPS) is 11.0. The monoisotopic (exact) mass is 333 g/mol. The summed E-state index contributed by atoms with van der Waals surface area (Å²) in [5.41, 5.74) is 1.53. The predicted molar refractivity (Wildman–Crippen MR) is 90.7 cm³/mol. The van der Waals surface area contributed by atoms with Crippen LogP contribution >= 0.6 is 22.9 Å². The molecule has 0 radical (unpaired) electrons. The second-order valence-corrected chi connectivity index (χ2v) is 6.56. The largest absolute Gasteiger partial charge is 0.451 e. The molecule has 0 spiro atoms. The summed E-state index contributed by atoms with van der Waals surface area (Å²) in [4.78, 5) is 15.7. The number of amides is 1. The molecule has 22 heavy (non-hydrogen) atoms. The van der Waals surface area contributed by atoms with Gasteiger partial charge in [0, 0.05) is 27.4 Å². The molecule has 3 rings (SSSR count). The van der Waals surface area contributed by atoms with Gasteiger partial charge in [-0.25, -0.2) is 0 Å². The van der Waals surface area contributed by atoms with E-state index in [0.29, 0.717) is 29.5 Å².